The number of nitrogens with zero attached hydrogens (tertiary/aromatic N) is 3. The van der Waals surface area contributed by atoms with Gasteiger partial charge in [0.05, 0.1) is 15.5 Å². The van der Waals surface area contributed by atoms with E-state index < -0.39 is 11.6 Å². The first-order chi connectivity index (χ1) is 7.56. The van der Waals surface area contributed by atoms with Crippen molar-refractivity contribution in [1.82, 2.24) is 15.0 Å². The number of aromatic nitrogens is 3. The Hall–Kier alpha value is -0.560. The highest BCUT2D eigenvalue weighted by atomic mass is 79.9. The molecule has 1 aromatic heterocycles. The van der Waals surface area contributed by atoms with Gasteiger partial charge in [-0.25, -0.2) is 8.78 Å². The van der Waals surface area contributed by atoms with E-state index in [1.807, 2.05) is 6.92 Å². The first kappa shape index (κ1) is 11.9. The Balaban J connectivity index is 2.76. The van der Waals surface area contributed by atoms with Gasteiger partial charge in [-0.2, -0.15) is 15.0 Å². The molecule has 86 valence electrons. The number of hydrogen-bond acceptors (Lipinski definition) is 2. The van der Waals surface area contributed by atoms with E-state index in [2.05, 4.69) is 42.1 Å². The topological polar surface area (TPSA) is 30.7 Å². The van der Waals surface area contributed by atoms with Crippen molar-refractivity contribution in [2.24, 2.45) is 0 Å². The maximum absolute atomic E-state index is 13.4. The van der Waals surface area contributed by atoms with Gasteiger partial charge in [0.15, 0.2) is 11.6 Å². The van der Waals surface area contributed by atoms with Crippen molar-refractivity contribution in [3.63, 3.8) is 0 Å². The van der Waals surface area contributed by atoms with Crippen LogP contribution in [0.5, 0.6) is 0 Å². The van der Waals surface area contributed by atoms with Crippen LogP contribution in [0.1, 0.15) is 13.3 Å². The van der Waals surface area contributed by atoms with Gasteiger partial charge in [0.25, 0.3) is 0 Å². The summed E-state index contributed by atoms with van der Waals surface area (Å²) in [6, 6.07) is 0. The van der Waals surface area contributed by atoms with Crippen LogP contribution in [0, 0.1) is 11.6 Å². The molecule has 0 fully saturated rings. The molecule has 0 N–H and O–H groups in total. The van der Waals surface area contributed by atoms with Crippen LogP contribution in [0.4, 0.5) is 8.78 Å². The van der Waals surface area contributed by atoms with Crippen LogP contribution in [0.3, 0.4) is 0 Å². The Labute approximate surface area is 107 Å². The molecule has 0 atom stereocenters. The SMILES string of the molecule is CCCn1nc2c(Br)c(F)c(F)c(Br)c2n1. The monoisotopic (exact) mass is 353 g/mol. The first-order valence-electron chi connectivity index (χ1n) is 4.63. The van der Waals surface area contributed by atoms with E-state index in [0.29, 0.717) is 17.6 Å². The summed E-state index contributed by atoms with van der Waals surface area (Å²) in [6.07, 6.45) is 0.848. The maximum Gasteiger partial charge on any atom is 0.176 e. The molecule has 0 bridgehead atoms. The largest absolute Gasteiger partial charge is 0.202 e. The van der Waals surface area contributed by atoms with Crippen molar-refractivity contribution < 1.29 is 8.78 Å². The van der Waals surface area contributed by atoms with Crippen molar-refractivity contribution in [2.45, 2.75) is 19.9 Å². The zero-order valence-electron chi connectivity index (χ0n) is 8.27. The number of hydrogen-bond donors (Lipinski definition) is 0. The minimum absolute atomic E-state index is 0.00514. The van der Waals surface area contributed by atoms with E-state index in [9.17, 15) is 8.78 Å². The molecule has 2 rings (SSSR count). The minimum Gasteiger partial charge on any atom is -0.202 e. The summed E-state index contributed by atoms with van der Waals surface area (Å²) in [5, 5.41) is 8.17. The third-order valence-electron chi connectivity index (χ3n) is 2.07. The highest BCUT2D eigenvalue weighted by Crippen LogP contribution is 2.33. The van der Waals surface area contributed by atoms with Crippen LogP contribution in [-0.2, 0) is 6.54 Å². The third kappa shape index (κ3) is 1.75. The molecule has 1 aromatic carbocycles. The Kier molecular flexibility index (Phi) is 3.25. The van der Waals surface area contributed by atoms with Crippen LogP contribution in [0.2, 0.25) is 0 Å². The van der Waals surface area contributed by atoms with Gasteiger partial charge in [0, 0.05) is 0 Å². The van der Waals surface area contributed by atoms with Crippen molar-refractivity contribution in [3.05, 3.63) is 20.6 Å². The van der Waals surface area contributed by atoms with Gasteiger partial charge in [-0.05, 0) is 38.3 Å². The second-order valence-corrected chi connectivity index (χ2v) is 4.84. The second-order valence-electron chi connectivity index (χ2n) is 3.25. The Morgan fingerprint density at radius 1 is 1.06 bits per heavy atom. The van der Waals surface area contributed by atoms with Gasteiger partial charge in [-0.3, -0.25) is 0 Å². The molecule has 0 unspecified atom stereocenters. The van der Waals surface area contributed by atoms with E-state index in [4.69, 9.17) is 0 Å². The summed E-state index contributed by atoms with van der Waals surface area (Å²) < 4.78 is 26.8. The lowest BCUT2D eigenvalue weighted by Crippen LogP contribution is -2.00. The van der Waals surface area contributed by atoms with Crippen LogP contribution in [-0.4, -0.2) is 15.0 Å². The van der Waals surface area contributed by atoms with E-state index in [-0.39, 0.29) is 8.95 Å². The number of fused-ring (bicyclic) bond motifs is 1. The summed E-state index contributed by atoms with van der Waals surface area (Å²) in [5.41, 5.74) is 0.637. The molecule has 2 aromatic rings. The zero-order chi connectivity index (χ0) is 11.9. The first-order valence-corrected chi connectivity index (χ1v) is 6.21. The number of halogens is 4. The molecule has 0 spiro atoms. The summed E-state index contributed by atoms with van der Waals surface area (Å²) in [6.45, 7) is 2.58. The molecule has 0 saturated carbocycles. The lowest BCUT2D eigenvalue weighted by Gasteiger charge is -1.99. The van der Waals surface area contributed by atoms with Crippen molar-refractivity contribution in [1.29, 1.82) is 0 Å². The summed E-state index contributed by atoms with van der Waals surface area (Å²) in [5.74, 6) is -1.91. The Morgan fingerprint density at radius 3 is 1.88 bits per heavy atom. The normalized spacial score (nSPS) is 11.3. The molecular formula is C9H7Br2F2N3. The van der Waals surface area contributed by atoms with Gasteiger partial charge in [-0.1, -0.05) is 6.92 Å². The molecule has 0 saturated heterocycles. The third-order valence-corrected chi connectivity index (χ3v) is 3.52. The summed E-state index contributed by atoms with van der Waals surface area (Å²) in [7, 11) is 0. The fourth-order valence-electron chi connectivity index (χ4n) is 1.34. The molecule has 3 nitrogen and oxygen atoms in total. The molecule has 0 aliphatic heterocycles. The van der Waals surface area contributed by atoms with Gasteiger partial charge in [-0.15, -0.1) is 0 Å². The standard InChI is InChI=1S/C9H7Br2F2N3/c1-2-3-16-14-8-4(10)6(12)7(13)5(11)9(8)15-16/h2-3H2,1H3. The number of rotatable bonds is 2. The van der Waals surface area contributed by atoms with E-state index >= 15 is 0 Å². The van der Waals surface area contributed by atoms with Crippen molar-refractivity contribution in [2.75, 3.05) is 0 Å². The fourth-order valence-corrected chi connectivity index (χ4v) is 2.23. The van der Waals surface area contributed by atoms with Crippen LogP contribution in [0.15, 0.2) is 8.95 Å². The second kappa shape index (κ2) is 4.37. The number of aryl methyl sites for hydroxylation is 1. The fraction of sp³-hybridized carbons (Fsp3) is 0.333. The Bertz CT molecular complexity index is 508. The predicted octanol–water partition coefficient (Wildman–Crippen LogP) is 3.64. The quantitative estimate of drug-likeness (QED) is 0.608. The van der Waals surface area contributed by atoms with E-state index in [1.54, 1.807) is 0 Å². The van der Waals surface area contributed by atoms with Crippen molar-refractivity contribution in [3.8, 4) is 0 Å². The van der Waals surface area contributed by atoms with Gasteiger partial charge in [0.2, 0.25) is 0 Å². The lowest BCUT2D eigenvalue weighted by atomic mass is 10.3. The average Bonchev–Trinajstić information content (AvgIpc) is 2.68. The maximum atomic E-state index is 13.4. The van der Waals surface area contributed by atoms with E-state index in [0.717, 1.165) is 6.42 Å². The highest BCUT2D eigenvalue weighted by Gasteiger charge is 2.20. The van der Waals surface area contributed by atoms with Gasteiger partial charge < -0.3 is 0 Å². The number of benzene rings is 1. The minimum atomic E-state index is -0.956. The molecular weight excluding hydrogens is 348 g/mol. The van der Waals surface area contributed by atoms with Crippen molar-refractivity contribution >= 4 is 42.9 Å². The van der Waals surface area contributed by atoms with Gasteiger partial charge in [0.1, 0.15) is 11.0 Å². The zero-order valence-corrected chi connectivity index (χ0v) is 11.4. The van der Waals surface area contributed by atoms with Crippen LogP contribution >= 0.6 is 31.9 Å². The summed E-state index contributed by atoms with van der Waals surface area (Å²) >= 11 is 5.96. The van der Waals surface area contributed by atoms with E-state index in [1.165, 1.54) is 4.80 Å². The molecule has 0 aliphatic carbocycles. The molecule has 1 heterocycles. The molecule has 0 radical (unpaired) electrons. The predicted molar refractivity (Wildman–Crippen MR) is 63.1 cm³/mol. The molecule has 0 aliphatic rings. The average molecular weight is 355 g/mol. The molecule has 16 heavy (non-hydrogen) atoms. The van der Waals surface area contributed by atoms with Gasteiger partial charge >= 0.3 is 0 Å². The Morgan fingerprint density at radius 2 is 1.50 bits per heavy atom. The molecule has 0 amide bonds. The molecule has 7 heteroatoms. The smallest absolute Gasteiger partial charge is 0.176 e. The highest BCUT2D eigenvalue weighted by molar-refractivity contribution is 9.11. The summed E-state index contributed by atoms with van der Waals surface area (Å²) in [4.78, 5) is 1.43. The van der Waals surface area contributed by atoms with Crippen LogP contribution in [0.25, 0.3) is 11.0 Å². The van der Waals surface area contributed by atoms with Crippen LogP contribution < -0.4 is 0 Å². The lowest BCUT2D eigenvalue weighted by molar-refractivity contribution is 0.502.